The van der Waals surface area contributed by atoms with Gasteiger partial charge in [-0.3, -0.25) is 9.11 Å². The van der Waals surface area contributed by atoms with Crippen LogP contribution in [0.2, 0.25) is 0 Å². The van der Waals surface area contributed by atoms with E-state index in [1.807, 2.05) is 13.8 Å². The lowest BCUT2D eigenvalue weighted by molar-refractivity contribution is 0.0525. The van der Waals surface area contributed by atoms with Gasteiger partial charge in [0.2, 0.25) is 0 Å². The fraction of sp³-hybridized carbons (Fsp3) is 0.533. The number of anilines is 1. The molecule has 0 aliphatic carbocycles. The van der Waals surface area contributed by atoms with Gasteiger partial charge in [-0.25, -0.2) is 4.79 Å². The summed E-state index contributed by atoms with van der Waals surface area (Å²) in [4.78, 5) is 12.0. The van der Waals surface area contributed by atoms with E-state index in [1.165, 1.54) is 18.4 Å². The number of rotatable bonds is 7. The van der Waals surface area contributed by atoms with Crippen molar-refractivity contribution in [2.45, 2.75) is 44.6 Å². The highest BCUT2D eigenvalue weighted by atomic mass is 32.3. The lowest BCUT2D eigenvalue weighted by atomic mass is 10.1. The number of carbonyl (C=O) groups is 1. The number of benzene rings is 1. The number of ether oxygens (including phenoxy) is 2. The van der Waals surface area contributed by atoms with Crippen LogP contribution in [0.5, 0.6) is 5.75 Å². The van der Waals surface area contributed by atoms with Crippen LogP contribution in [0.1, 0.15) is 44.0 Å². The van der Waals surface area contributed by atoms with E-state index in [2.05, 4.69) is 0 Å². The van der Waals surface area contributed by atoms with Crippen molar-refractivity contribution >= 4 is 22.2 Å². The molecule has 0 amide bonds. The molecule has 0 radical (unpaired) electrons. The van der Waals surface area contributed by atoms with Crippen LogP contribution in [-0.4, -0.2) is 34.0 Å². The summed E-state index contributed by atoms with van der Waals surface area (Å²) in [5.41, 5.74) is 6.25. The van der Waals surface area contributed by atoms with Gasteiger partial charge in [-0.05, 0) is 31.9 Å². The normalized spacial score (nSPS) is 12.3. The largest absolute Gasteiger partial charge is 0.488 e. The number of hydrogen-bond donors (Lipinski definition) is 3. The van der Waals surface area contributed by atoms with E-state index in [-0.39, 0.29) is 34.6 Å². The molecule has 0 saturated carbocycles. The molecule has 0 unspecified atom stereocenters. The van der Waals surface area contributed by atoms with Crippen LogP contribution in [0.25, 0.3) is 0 Å². The SMILES string of the molecule is CCOC(=O)c1cc(N)c(S(C)(O)O)c(OC(CC)CC)c1. The third-order valence-electron chi connectivity index (χ3n) is 3.19. The van der Waals surface area contributed by atoms with Crippen LogP contribution in [0.3, 0.4) is 0 Å². The molecule has 0 saturated heterocycles. The Morgan fingerprint density at radius 3 is 2.32 bits per heavy atom. The van der Waals surface area contributed by atoms with Crippen molar-refractivity contribution in [2.75, 3.05) is 18.6 Å². The van der Waals surface area contributed by atoms with Gasteiger partial charge in [0.05, 0.1) is 24.0 Å². The molecular formula is C15H25NO5S. The molecule has 1 aromatic rings. The molecule has 0 bridgehead atoms. The fourth-order valence-corrected chi connectivity index (χ4v) is 3.09. The number of nitrogen functional groups attached to an aromatic ring is 1. The van der Waals surface area contributed by atoms with E-state index < -0.39 is 16.6 Å². The van der Waals surface area contributed by atoms with E-state index in [0.717, 1.165) is 12.8 Å². The molecule has 6 nitrogen and oxygen atoms in total. The Bertz CT molecular complexity index is 523. The van der Waals surface area contributed by atoms with Crippen LogP contribution in [0, 0.1) is 0 Å². The van der Waals surface area contributed by atoms with E-state index in [0.29, 0.717) is 0 Å². The summed E-state index contributed by atoms with van der Waals surface area (Å²) in [5, 5.41) is 0. The Labute approximate surface area is 133 Å². The zero-order valence-electron chi connectivity index (χ0n) is 13.5. The smallest absolute Gasteiger partial charge is 0.338 e. The monoisotopic (exact) mass is 331 g/mol. The molecule has 0 aliphatic heterocycles. The van der Waals surface area contributed by atoms with Crippen LogP contribution in [0.15, 0.2) is 17.0 Å². The maximum atomic E-state index is 11.9. The molecule has 0 aliphatic rings. The summed E-state index contributed by atoms with van der Waals surface area (Å²) in [6.45, 7) is 5.89. The average Bonchev–Trinajstić information content (AvgIpc) is 2.42. The number of hydrogen-bond acceptors (Lipinski definition) is 6. The molecule has 0 aromatic heterocycles. The predicted octanol–water partition coefficient (Wildman–Crippen LogP) is 3.75. The topological polar surface area (TPSA) is 102 Å². The second-order valence-corrected chi connectivity index (χ2v) is 7.08. The number of nitrogens with two attached hydrogens (primary N) is 1. The Balaban J connectivity index is 3.36. The van der Waals surface area contributed by atoms with E-state index in [1.54, 1.807) is 6.92 Å². The van der Waals surface area contributed by atoms with Crippen molar-refractivity contribution in [3.63, 3.8) is 0 Å². The highest BCUT2D eigenvalue weighted by molar-refractivity contribution is 8.24. The molecular weight excluding hydrogens is 306 g/mol. The summed E-state index contributed by atoms with van der Waals surface area (Å²) in [5.74, 6) is -0.304. The zero-order valence-corrected chi connectivity index (χ0v) is 14.3. The third-order valence-corrected chi connectivity index (χ3v) is 4.40. The first-order valence-electron chi connectivity index (χ1n) is 7.25. The van der Waals surface area contributed by atoms with Crippen molar-refractivity contribution in [1.29, 1.82) is 0 Å². The Morgan fingerprint density at radius 2 is 1.86 bits per heavy atom. The van der Waals surface area contributed by atoms with Gasteiger partial charge in [0.15, 0.2) is 0 Å². The summed E-state index contributed by atoms with van der Waals surface area (Å²) in [7, 11) is -3.08. The van der Waals surface area contributed by atoms with Gasteiger partial charge in [-0.15, -0.1) is 0 Å². The van der Waals surface area contributed by atoms with Gasteiger partial charge in [0.1, 0.15) is 10.6 Å². The molecule has 0 spiro atoms. The molecule has 1 aromatic carbocycles. The maximum absolute atomic E-state index is 11.9. The summed E-state index contributed by atoms with van der Waals surface area (Å²) in [6, 6.07) is 2.84. The first-order valence-corrected chi connectivity index (χ1v) is 9.20. The average molecular weight is 331 g/mol. The van der Waals surface area contributed by atoms with Gasteiger partial charge in [-0.2, -0.15) is 10.6 Å². The van der Waals surface area contributed by atoms with Crippen molar-refractivity contribution < 1.29 is 23.4 Å². The fourth-order valence-electron chi connectivity index (χ4n) is 2.09. The van der Waals surface area contributed by atoms with Gasteiger partial charge >= 0.3 is 5.97 Å². The minimum Gasteiger partial charge on any atom is -0.488 e. The van der Waals surface area contributed by atoms with Crippen LogP contribution in [0.4, 0.5) is 5.69 Å². The third kappa shape index (κ3) is 4.53. The van der Waals surface area contributed by atoms with E-state index in [9.17, 15) is 13.9 Å². The summed E-state index contributed by atoms with van der Waals surface area (Å²) in [6.07, 6.45) is 2.69. The Kier molecular flexibility index (Phi) is 6.52. The number of esters is 1. The number of carbonyl (C=O) groups excluding carboxylic acids is 1. The highest BCUT2D eigenvalue weighted by Crippen LogP contribution is 2.53. The molecule has 0 fully saturated rings. The quantitative estimate of drug-likeness (QED) is 0.519. The van der Waals surface area contributed by atoms with Crippen molar-refractivity contribution in [3.8, 4) is 5.75 Å². The van der Waals surface area contributed by atoms with Crippen molar-refractivity contribution in [3.05, 3.63) is 17.7 Å². The van der Waals surface area contributed by atoms with Crippen LogP contribution in [-0.2, 0) is 4.74 Å². The van der Waals surface area contributed by atoms with Gasteiger partial charge < -0.3 is 15.2 Å². The first kappa shape index (κ1) is 18.6. The molecule has 7 heteroatoms. The van der Waals surface area contributed by atoms with Gasteiger partial charge in [-0.1, -0.05) is 13.8 Å². The molecule has 4 N–H and O–H groups in total. The van der Waals surface area contributed by atoms with Gasteiger partial charge in [0, 0.05) is 6.26 Å². The van der Waals surface area contributed by atoms with Crippen molar-refractivity contribution in [1.82, 2.24) is 0 Å². The lowest BCUT2D eigenvalue weighted by Gasteiger charge is -2.31. The molecule has 126 valence electrons. The Hall–Kier alpha value is -1.44. The lowest BCUT2D eigenvalue weighted by Crippen LogP contribution is -2.17. The minimum atomic E-state index is -3.08. The maximum Gasteiger partial charge on any atom is 0.338 e. The molecule has 22 heavy (non-hydrogen) atoms. The van der Waals surface area contributed by atoms with Crippen molar-refractivity contribution in [2.24, 2.45) is 0 Å². The predicted molar refractivity (Wildman–Crippen MR) is 88.8 cm³/mol. The van der Waals surface area contributed by atoms with Gasteiger partial charge in [0.25, 0.3) is 0 Å². The molecule has 0 atom stereocenters. The Morgan fingerprint density at radius 1 is 1.27 bits per heavy atom. The first-order chi connectivity index (χ1) is 10.2. The van der Waals surface area contributed by atoms with Crippen LogP contribution >= 0.6 is 10.6 Å². The van der Waals surface area contributed by atoms with E-state index in [4.69, 9.17) is 15.2 Å². The standard InChI is InChI=1S/C15H25NO5S/c1-5-11(6-2)21-13-9-10(15(17)20-7-3)8-12(16)14(13)22(4,18)19/h8-9,11,18-19H,5-7,16H2,1-4H3. The van der Waals surface area contributed by atoms with E-state index >= 15 is 0 Å². The minimum absolute atomic E-state index is 0.0997. The second-order valence-electron chi connectivity index (χ2n) is 5.00. The zero-order chi connectivity index (χ0) is 16.9. The summed E-state index contributed by atoms with van der Waals surface area (Å²) >= 11 is 0. The highest BCUT2D eigenvalue weighted by Gasteiger charge is 2.24. The second kappa shape index (κ2) is 7.71. The molecule has 0 heterocycles. The summed E-state index contributed by atoms with van der Waals surface area (Å²) < 4.78 is 30.8. The molecule has 1 rings (SSSR count). The van der Waals surface area contributed by atoms with Crippen LogP contribution < -0.4 is 10.5 Å².